The highest BCUT2D eigenvalue weighted by atomic mass is 16.3. The molecule has 0 N–H and O–H groups in total. The first-order valence-electron chi connectivity index (χ1n) is 12.9. The number of hydrogen-bond acceptors (Lipinski definition) is 2. The minimum Gasteiger partial charge on any atom is -0.456 e. The molecule has 0 aliphatic carbocycles. The summed E-state index contributed by atoms with van der Waals surface area (Å²) in [5.74, 6) is 0.855. The van der Waals surface area contributed by atoms with E-state index in [0.29, 0.717) is 0 Å². The molecular formula is C36H25NO. The number of rotatable bonds is 5. The molecule has 7 aromatic rings. The smallest absolute Gasteiger partial charge is 0.137 e. The minimum absolute atomic E-state index is 0.855. The molecule has 0 bridgehead atoms. The van der Waals surface area contributed by atoms with Crippen LogP contribution in [0.15, 0.2) is 156 Å². The molecule has 0 fully saturated rings. The molecule has 0 spiro atoms. The molecule has 0 unspecified atom stereocenters. The van der Waals surface area contributed by atoms with Gasteiger partial charge < -0.3 is 9.32 Å². The zero-order valence-electron chi connectivity index (χ0n) is 20.8. The zero-order chi connectivity index (χ0) is 25.3. The first-order valence-corrected chi connectivity index (χ1v) is 12.9. The number of furan rings is 1. The maximum absolute atomic E-state index is 6.34. The molecule has 1 heterocycles. The third-order valence-electron chi connectivity index (χ3n) is 7.06. The Hall–Kier alpha value is -5.08. The van der Waals surface area contributed by atoms with Crippen molar-refractivity contribution in [2.75, 3.05) is 4.90 Å². The Kier molecular flexibility index (Phi) is 5.49. The van der Waals surface area contributed by atoms with Gasteiger partial charge in [-0.15, -0.1) is 0 Å². The lowest BCUT2D eigenvalue weighted by atomic mass is 10.0. The fourth-order valence-electron chi connectivity index (χ4n) is 5.17. The maximum atomic E-state index is 6.34. The summed E-state index contributed by atoms with van der Waals surface area (Å²) in [6.45, 7) is 0. The highest BCUT2D eigenvalue weighted by molar-refractivity contribution is 5.94. The second-order valence-corrected chi connectivity index (χ2v) is 9.45. The van der Waals surface area contributed by atoms with Gasteiger partial charge in [0.25, 0.3) is 0 Å². The molecule has 180 valence electrons. The van der Waals surface area contributed by atoms with E-state index in [2.05, 4.69) is 132 Å². The van der Waals surface area contributed by atoms with Gasteiger partial charge in [0.05, 0.1) is 5.69 Å². The van der Waals surface area contributed by atoms with Crippen LogP contribution in [0.4, 0.5) is 17.1 Å². The van der Waals surface area contributed by atoms with E-state index >= 15 is 0 Å². The zero-order valence-corrected chi connectivity index (χ0v) is 20.8. The number of nitrogens with zero attached hydrogens (tertiary/aromatic N) is 1. The van der Waals surface area contributed by atoms with E-state index < -0.39 is 0 Å². The van der Waals surface area contributed by atoms with Crippen LogP contribution in [0, 0.1) is 0 Å². The molecule has 0 saturated heterocycles. The summed E-state index contributed by atoms with van der Waals surface area (Å²) in [7, 11) is 0. The summed E-state index contributed by atoms with van der Waals surface area (Å²) in [6.07, 6.45) is 0. The molecule has 0 amide bonds. The average Bonchev–Trinajstić information content (AvgIpc) is 3.43. The van der Waals surface area contributed by atoms with Gasteiger partial charge in [0.15, 0.2) is 0 Å². The first kappa shape index (κ1) is 22.1. The van der Waals surface area contributed by atoms with Crippen molar-refractivity contribution in [3.05, 3.63) is 152 Å². The summed E-state index contributed by atoms with van der Waals surface area (Å²) < 4.78 is 6.34. The summed E-state index contributed by atoms with van der Waals surface area (Å²) in [5, 5.41) is 3.53. The second kappa shape index (κ2) is 9.42. The second-order valence-electron chi connectivity index (χ2n) is 9.45. The van der Waals surface area contributed by atoms with E-state index in [1.54, 1.807) is 0 Å². The summed E-state index contributed by atoms with van der Waals surface area (Å²) >= 11 is 0. The third kappa shape index (κ3) is 4.03. The summed E-state index contributed by atoms with van der Waals surface area (Å²) in [6, 6.07) is 53.2. The van der Waals surface area contributed by atoms with Crippen molar-refractivity contribution in [1.29, 1.82) is 0 Å². The molecule has 38 heavy (non-hydrogen) atoms. The number of hydrogen-bond donors (Lipinski definition) is 0. The number of anilines is 3. The van der Waals surface area contributed by atoms with Gasteiger partial charge in [0.2, 0.25) is 0 Å². The van der Waals surface area contributed by atoms with Gasteiger partial charge in [-0.2, -0.15) is 0 Å². The molecule has 1 aromatic heterocycles. The van der Waals surface area contributed by atoms with Gasteiger partial charge >= 0.3 is 0 Å². The van der Waals surface area contributed by atoms with E-state index in [9.17, 15) is 0 Å². The Morgan fingerprint density at radius 2 is 1.05 bits per heavy atom. The van der Waals surface area contributed by atoms with Crippen LogP contribution in [0.25, 0.3) is 44.2 Å². The lowest BCUT2D eigenvalue weighted by Gasteiger charge is -2.27. The maximum Gasteiger partial charge on any atom is 0.137 e. The lowest BCUT2D eigenvalue weighted by Crippen LogP contribution is -2.11. The number of benzene rings is 6. The van der Waals surface area contributed by atoms with Gasteiger partial charge in [0.1, 0.15) is 11.3 Å². The van der Waals surface area contributed by atoms with Crippen molar-refractivity contribution in [2.45, 2.75) is 0 Å². The van der Waals surface area contributed by atoms with Gasteiger partial charge in [-0.3, -0.25) is 0 Å². The Bertz CT molecular complexity index is 1830. The topological polar surface area (TPSA) is 16.4 Å². The predicted molar refractivity (Wildman–Crippen MR) is 159 cm³/mol. The van der Waals surface area contributed by atoms with Gasteiger partial charge in [-0.1, -0.05) is 103 Å². The Morgan fingerprint density at radius 3 is 1.87 bits per heavy atom. The number of para-hydroxylation sites is 2. The molecule has 0 aliphatic rings. The van der Waals surface area contributed by atoms with E-state index in [0.717, 1.165) is 39.4 Å². The van der Waals surface area contributed by atoms with Crippen LogP contribution < -0.4 is 4.90 Å². The Labute approximate surface area is 222 Å². The highest BCUT2D eigenvalue weighted by Crippen LogP contribution is 2.43. The van der Waals surface area contributed by atoms with E-state index in [1.807, 2.05) is 24.3 Å². The van der Waals surface area contributed by atoms with Gasteiger partial charge in [-0.25, -0.2) is 0 Å². The largest absolute Gasteiger partial charge is 0.456 e. The van der Waals surface area contributed by atoms with E-state index in [1.165, 1.54) is 21.9 Å². The van der Waals surface area contributed by atoms with Crippen molar-refractivity contribution < 1.29 is 4.42 Å². The molecule has 0 radical (unpaired) electrons. The quantitative estimate of drug-likeness (QED) is 0.240. The van der Waals surface area contributed by atoms with Crippen molar-refractivity contribution in [3.63, 3.8) is 0 Å². The minimum atomic E-state index is 0.855. The number of fused-ring (bicyclic) bond motifs is 2. The van der Waals surface area contributed by atoms with Crippen LogP contribution in [0.2, 0.25) is 0 Å². The van der Waals surface area contributed by atoms with Crippen LogP contribution in [0.3, 0.4) is 0 Å². The molecule has 6 aromatic carbocycles. The predicted octanol–water partition coefficient (Wildman–Crippen LogP) is 10.4. The van der Waals surface area contributed by atoms with Crippen LogP contribution in [-0.2, 0) is 0 Å². The average molecular weight is 488 g/mol. The van der Waals surface area contributed by atoms with Crippen molar-refractivity contribution in [1.82, 2.24) is 0 Å². The van der Waals surface area contributed by atoms with Crippen LogP contribution in [0.1, 0.15) is 0 Å². The normalized spacial score (nSPS) is 11.2. The summed E-state index contributed by atoms with van der Waals surface area (Å²) in [5.41, 5.74) is 7.58. The first-order chi connectivity index (χ1) is 18.8. The Morgan fingerprint density at radius 1 is 0.421 bits per heavy atom. The molecule has 0 atom stereocenters. The van der Waals surface area contributed by atoms with Crippen molar-refractivity contribution in [2.24, 2.45) is 0 Å². The standard InChI is InChI=1S/C36H25NO/c1-2-10-26(11-3-1)28-18-21-31(22-19-28)37(32-23-20-27-12-4-5-13-29(27)24-32)34-16-8-7-15-33(34)36-25-30-14-6-9-17-35(30)38-36/h1-25H. The fourth-order valence-corrected chi connectivity index (χ4v) is 5.17. The SMILES string of the molecule is c1ccc(-c2ccc(N(c3ccc4ccccc4c3)c3ccccc3-c3cc4ccccc4o3)cc2)cc1. The van der Waals surface area contributed by atoms with Crippen LogP contribution in [-0.4, -0.2) is 0 Å². The van der Waals surface area contributed by atoms with Crippen LogP contribution in [0.5, 0.6) is 0 Å². The molecular weight excluding hydrogens is 462 g/mol. The fraction of sp³-hybridized carbons (Fsp3) is 0. The highest BCUT2D eigenvalue weighted by Gasteiger charge is 2.19. The van der Waals surface area contributed by atoms with Gasteiger partial charge in [0, 0.05) is 22.3 Å². The van der Waals surface area contributed by atoms with Gasteiger partial charge in [-0.05, 0) is 70.4 Å². The molecule has 0 saturated carbocycles. The third-order valence-corrected chi connectivity index (χ3v) is 7.06. The van der Waals surface area contributed by atoms with Crippen LogP contribution >= 0.6 is 0 Å². The van der Waals surface area contributed by atoms with Crippen molar-refractivity contribution >= 4 is 38.8 Å². The van der Waals surface area contributed by atoms with E-state index in [-0.39, 0.29) is 0 Å². The molecule has 7 rings (SSSR count). The van der Waals surface area contributed by atoms with Crippen molar-refractivity contribution in [3.8, 4) is 22.5 Å². The molecule has 2 heteroatoms. The molecule has 2 nitrogen and oxygen atoms in total. The molecule has 0 aliphatic heterocycles. The van der Waals surface area contributed by atoms with E-state index in [4.69, 9.17) is 4.42 Å². The Balaban J connectivity index is 1.41. The lowest BCUT2D eigenvalue weighted by molar-refractivity contribution is 0.631. The monoisotopic (exact) mass is 487 g/mol. The summed E-state index contributed by atoms with van der Waals surface area (Å²) in [4.78, 5) is 2.32.